The third kappa shape index (κ3) is 2.53. The van der Waals surface area contributed by atoms with Crippen molar-refractivity contribution in [2.45, 2.75) is 32.4 Å². The molecule has 0 aromatic heterocycles. The van der Waals surface area contributed by atoms with E-state index in [0.717, 1.165) is 12.6 Å². The fourth-order valence-electron chi connectivity index (χ4n) is 3.20. The van der Waals surface area contributed by atoms with E-state index in [1.165, 1.54) is 41.4 Å². The Bertz CT molecular complexity index is 603. The zero-order chi connectivity index (χ0) is 14.1. The Labute approximate surface area is 122 Å². The molecule has 2 aromatic rings. The Kier molecular flexibility index (Phi) is 3.66. The summed E-state index contributed by atoms with van der Waals surface area (Å²) in [7, 11) is 4.19. The number of rotatable bonds is 3. The van der Waals surface area contributed by atoms with Crippen molar-refractivity contribution in [1.29, 1.82) is 0 Å². The lowest BCUT2D eigenvalue weighted by Crippen LogP contribution is -2.26. The molecule has 0 amide bonds. The van der Waals surface area contributed by atoms with E-state index in [2.05, 4.69) is 67.2 Å². The number of benzene rings is 2. The maximum atomic E-state index is 2.61. The molecule has 1 aliphatic rings. The van der Waals surface area contributed by atoms with Gasteiger partial charge in [-0.1, -0.05) is 24.3 Å². The molecule has 0 radical (unpaired) electrons. The summed E-state index contributed by atoms with van der Waals surface area (Å²) in [5, 5.41) is 2.75. The van der Waals surface area contributed by atoms with Gasteiger partial charge in [0.15, 0.2) is 0 Å². The van der Waals surface area contributed by atoms with Gasteiger partial charge in [0.2, 0.25) is 0 Å². The van der Waals surface area contributed by atoms with Crippen molar-refractivity contribution in [3.63, 3.8) is 0 Å². The van der Waals surface area contributed by atoms with Gasteiger partial charge in [-0.15, -0.1) is 0 Å². The topological polar surface area (TPSA) is 6.48 Å². The second kappa shape index (κ2) is 5.45. The molecule has 1 saturated heterocycles. The van der Waals surface area contributed by atoms with Crippen molar-refractivity contribution in [1.82, 2.24) is 4.90 Å². The van der Waals surface area contributed by atoms with E-state index >= 15 is 0 Å². The third-order valence-electron chi connectivity index (χ3n) is 4.53. The van der Waals surface area contributed by atoms with Crippen LogP contribution in [0.4, 0.5) is 5.69 Å². The third-order valence-corrected chi connectivity index (χ3v) is 4.53. The molecule has 2 nitrogen and oxygen atoms in total. The van der Waals surface area contributed by atoms with Crippen LogP contribution in [0.25, 0.3) is 10.8 Å². The highest BCUT2D eigenvalue weighted by Gasteiger charge is 2.20. The van der Waals surface area contributed by atoms with Crippen molar-refractivity contribution in [2.24, 2.45) is 0 Å². The van der Waals surface area contributed by atoms with Gasteiger partial charge in [-0.3, -0.25) is 4.90 Å². The van der Waals surface area contributed by atoms with E-state index in [-0.39, 0.29) is 0 Å². The molecule has 0 aliphatic carbocycles. The van der Waals surface area contributed by atoms with Crippen molar-refractivity contribution in [3.05, 3.63) is 42.0 Å². The maximum absolute atomic E-state index is 2.61. The monoisotopic (exact) mass is 268 g/mol. The average molecular weight is 268 g/mol. The first-order valence-corrected chi connectivity index (χ1v) is 7.58. The number of fused-ring (bicyclic) bond motifs is 1. The van der Waals surface area contributed by atoms with Gasteiger partial charge in [0.1, 0.15) is 0 Å². The first kappa shape index (κ1) is 13.4. The van der Waals surface area contributed by atoms with Crippen LogP contribution in [0.15, 0.2) is 36.4 Å². The van der Waals surface area contributed by atoms with Gasteiger partial charge in [-0.2, -0.15) is 0 Å². The molecular formula is C18H24N2. The van der Waals surface area contributed by atoms with Crippen LogP contribution < -0.4 is 4.90 Å². The fourth-order valence-corrected chi connectivity index (χ4v) is 3.20. The van der Waals surface area contributed by atoms with E-state index in [1.807, 2.05) is 0 Å². The van der Waals surface area contributed by atoms with Crippen LogP contribution in [0, 0.1) is 0 Å². The molecule has 1 heterocycles. The largest absolute Gasteiger partial charge is 0.378 e. The molecule has 1 atom stereocenters. The molecule has 1 fully saturated rings. The van der Waals surface area contributed by atoms with Crippen molar-refractivity contribution >= 4 is 16.5 Å². The zero-order valence-corrected chi connectivity index (χ0v) is 12.8. The Hall–Kier alpha value is -1.54. The predicted octanol–water partition coefficient (Wildman–Crippen LogP) is 3.89. The van der Waals surface area contributed by atoms with E-state index in [1.54, 1.807) is 0 Å². The summed E-state index contributed by atoms with van der Waals surface area (Å²) in [6.07, 6.45) is 2.69. The fraction of sp³-hybridized carbons (Fsp3) is 0.444. The van der Waals surface area contributed by atoms with Crippen molar-refractivity contribution < 1.29 is 0 Å². The number of hydrogen-bond donors (Lipinski definition) is 0. The molecule has 0 spiro atoms. The molecule has 0 N–H and O–H groups in total. The van der Waals surface area contributed by atoms with Gasteiger partial charge in [0.05, 0.1) is 0 Å². The van der Waals surface area contributed by atoms with Crippen LogP contribution in [-0.4, -0.2) is 31.6 Å². The summed E-state index contributed by atoms with van der Waals surface area (Å²) in [6.45, 7) is 4.68. The van der Waals surface area contributed by atoms with Crippen LogP contribution >= 0.6 is 0 Å². The molecule has 2 aromatic carbocycles. The van der Waals surface area contributed by atoms with Crippen LogP contribution in [0.3, 0.4) is 0 Å². The minimum absolute atomic E-state index is 0.728. The second-order valence-electron chi connectivity index (χ2n) is 6.18. The molecule has 1 unspecified atom stereocenters. The van der Waals surface area contributed by atoms with Crippen LogP contribution in [-0.2, 0) is 6.54 Å². The summed E-state index contributed by atoms with van der Waals surface area (Å²) in [5.74, 6) is 0. The Morgan fingerprint density at radius 1 is 1.20 bits per heavy atom. The first-order chi connectivity index (χ1) is 9.65. The number of hydrogen-bond acceptors (Lipinski definition) is 2. The summed E-state index contributed by atoms with van der Waals surface area (Å²) < 4.78 is 0. The SMILES string of the molecule is CC1CCCN1Cc1cccc2cc(N(C)C)ccc12. The van der Waals surface area contributed by atoms with Gasteiger partial charge in [0.25, 0.3) is 0 Å². The molecule has 1 aliphatic heterocycles. The van der Waals surface area contributed by atoms with Gasteiger partial charge >= 0.3 is 0 Å². The average Bonchev–Trinajstić information content (AvgIpc) is 2.84. The molecule has 20 heavy (non-hydrogen) atoms. The van der Waals surface area contributed by atoms with Gasteiger partial charge < -0.3 is 4.90 Å². The number of anilines is 1. The highest BCUT2D eigenvalue weighted by Crippen LogP contribution is 2.27. The zero-order valence-electron chi connectivity index (χ0n) is 12.8. The molecule has 2 heteroatoms. The second-order valence-corrected chi connectivity index (χ2v) is 6.18. The van der Waals surface area contributed by atoms with Gasteiger partial charge in [0, 0.05) is 32.4 Å². The van der Waals surface area contributed by atoms with Crippen molar-refractivity contribution in [2.75, 3.05) is 25.5 Å². The molecular weight excluding hydrogens is 244 g/mol. The van der Waals surface area contributed by atoms with E-state index in [9.17, 15) is 0 Å². The highest BCUT2D eigenvalue weighted by atomic mass is 15.2. The normalized spacial score (nSPS) is 19.6. The summed E-state index contributed by atoms with van der Waals surface area (Å²) in [4.78, 5) is 4.77. The predicted molar refractivity (Wildman–Crippen MR) is 87.4 cm³/mol. The lowest BCUT2D eigenvalue weighted by molar-refractivity contribution is 0.261. The van der Waals surface area contributed by atoms with E-state index in [4.69, 9.17) is 0 Å². The summed E-state index contributed by atoms with van der Waals surface area (Å²) in [5.41, 5.74) is 2.73. The smallest absolute Gasteiger partial charge is 0.0367 e. The molecule has 3 rings (SSSR count). The van der Waals surface area contributed by atoms with Gasteiger partial charge in [-0.25, -0.2) is 0 Å². The molecule has 106 valence electrons. The lowest BCUT2D eigenvalue weighted by atomic mass is 10.0. The Balaban J connectivity index is 1.95. The van der Waals surface area contributed by atoms with Crippen molar-refractivity contribution in [3.8, 4) is 0 Å². The highest BCUT2D eigenvalue weighted by molar-refractivity contribution is 5.88. The van der Waals surface area contributed by atoms with E-state index < -0.39 is 0 Å². The summed E-state index contributed by atoms with van der Waals surface area (Å²) in [6, 6.07) is 14.2. The maximum Gasteiger partial charge on any atom is 0.0367 e. The molecule has 0 saturated carbocycles. The number of nitrogens with zero attached hydrogens (tertiary/aromatic N) is 2. The van der Waals surface area contributed by atoms with Crippen LogP contribution in [0.1, 0.15) is 25.3 Å². The minimum Gasteiger partial charge on any atom is -0.378 e. The standard InChI is InChI=1S/C18H24N2/c1-14-6-5-11-20(14)13-16-8-4-7-15-12-17(19(2)3)9-10-18(15)16/h4,7-10,12,14H,5-6,11,13H2,1-3H3. The Morgan fingerprint density at radius 3 is 2.75 bits per heavy atom. The molecule has 0 bridgehead atoms. The van der Waals surface area contributed by atoms with Crippen LogP contribution in [0.2, 0.25) is 0 Å². The summed E-state index contributed by atoms with van der Waals surface area (Å²) >= 11 is 0. The van der Waals surface area contributed by atoms with Crippen LogP contribution in [0.5, 0.6) is 0 Å². The Morgan fingerprint density at radius 2 is 2.05 bits per heavy atom. The minimum atomic E-state index is 0.728. The lowest BCUT2D eigenvalue weighted by Gasteiger charge is -2.22. The van der Waals surface area contributed by atoms with Gasteiger partial charge in [-0.05, 0) is 54.8 Å². The number of likely N-dealkylation sites (tertiary alicyclic amines) is 1. The van der Waals surface area contributed by atoms with E-state index in [0.29, 0.717) is 0 Å². The first-order valence-electron chi connectivity index (χ1n) is 7.58. The quantitative estimate of drug-likeness (QED) is 0.833.